The molecule has 1 atom stereocenters. The van der Waals surface area contributed by atoms with Crippen molar-refractivity contribution in [3.63, 3.8) is 0 Å². The Morgan fingerprint density at radius 3 is 2.24 bits per heavy atom. The van der Waals surface area contributed by atoms with E-state index in [2.05, 4.69) is 19.4 Å². The van der Waals surface area contributed by atoms with Gasteiger partial charge in [0.15, 0.2) is 0 Å². The lowest BCUT2D eigenvalue weighted by Gasteiger charge is -2.22. The van der Waals surface area contributed by atoms with Crippen LogP contribution in [0.25, 0.3) is 0 Å². The molecule has 3 rings (SSSR count). The van der Waals surface area contributed by atoms with E-state index in [9.17, 15) is 4.79 Å². The topological polar surface area (TPSA) is 52.0 Å². The number of nitrogens with one attached hydrogen (secondary N) is 2. The quantitative estimate of drug-likeness (QED) is 0.620. The van der Waals surface area contributed by atoms with E-state index in [1.807, 2.05) is 66.7 Å². The number of likely N-dealkylation sites (N-methyl/N-ethyl adjacent to an activating group) is 1. The lowest BCUT2D eigenvalue weighted by atomic mass is 10.1. The standard InChI is InChI=1S/C24H26N2O3/c1-26(2)23(18-12-14-20(28-3)15-13-18)17-25-24(27)19-8-7-11-22(16-19)29-21-9-5-4-6-10-21/h4-16,23H,17H2,1-3H3,(H,25,27)/p+1/t23-/m0/s1. The second-order valence-corrected chi connectivity index (χ2v) is 7.06. The Morgan fingerprint density at radius 1 is 0.897 bits per heavy atom. The van der Waals surface area contributed by atoms with Gasteiger partial charge in [0.1, 0.15) is 23.3 Å². The van der Waals surface area contributed by atoms with E-state index in [4.69, 9.17) is 9.47 Å². The van der Waals surface area contributed by atoms with Gasteiger partial charge in [-0.05, 0) is 54.6 Å². The summed E-state index contributed by atoms with van der Waals surface area (Å²) in [4.78, 5) is 13.9. The molecule has 0 aromatic heterocycles. The molecule has 150 valence electrons. The van der Waals surface area contributed by atoms with Crippen LogP contribution in [0.5, 0.6) is 17.2 Å². The summed E-state index contributed by atoms with van der Waals surface area (Å²) >= 11 is 0. The van der Waals surface area contributed by atoms with Gasteiger partial charge in [-0.2, -0.15) is 0 Å². The lowest BCUT2D eigenvalue weighted by Crippen LogP contribution is -3.07. The third-order valence-corrected chi connectivity index (χ3v) is 4.76. The molecule has 0 saturated heterocycles. The SMILES string of the molecule is COc1ccc([C@H](CNC(=O)c2cccc(Oc3ccccc3)c2)[NH+](C)C)cc1. The highest BCUT2D eigenvalue weighted by molar-refractivity contribution is 5.94. The molecule has 3 aromatic carbocycles. The van der Waals surface area contributed by atoms with Crippen molar-refractivity contribution >= 4 is 5.91 Å². The van der Waals surface area contributed by atoms with E-state index >= 15 is 0 Å². The molecule has 0 aliphatic rings. The van der Waals surface area contributed by atoms with Gasteiger partial charge in [0.05, 0.1) is 27.7 Å². The van der Waals surface area contributed by atoms with Gasteiger partial charge in [-0.25, -0.2) is 0 Å². The fraction of sp³-hybridized carbons (Fsp3) is 0.208. The molecule has 5 heteroatoms. The summed E-state index contributed by atoms with van der Waals surface area (Å²) in [5, 5.41) is 3.05. The second kappa shape index (κ2) is 9.75. The summed E-state index contributed by atoms with van der Waals surface area (Å²) in [6.45, 7) is 0.525. The average Bonchev–Trinajstić information content (AvgIpc) is 2.75. The van der Waals surface area contributed by atoms with E-state index in [1.54, 1.807) is 19.2 Å². The normalized spacial score (nSPS) is 11.7. The molecule has 1 amide bonds. The minimum absolute atomic E-state index is 0.122. The van der Waals surface area contributed by atoms with Crippen LogP contribution in [-0.4, -0.2) is 33.7 Å². The van der Waals surface area contributed by atoms with Crippen molar-refractivity contribution in [2.45, 2.75) is 6.04 Å². The molecule has 0 saturated carbocycles. The first-order valence-corrected chi connectivity index (χ1v) is 9.62. The number of amides is 1. The maximum absolute atomic E-state index is 12.7. The Labute approximate surface area is 171 Å². The first-order valence-electron chi connectivity index (χ1n) is 9.62. The Kier molecular flexibility index (Phi) is 6.87. The first kappa shape index (κ1) is 20.4. The number of quaternary nitrogens is 1. The molecular weight excluding hydrogens is 364 g/mol. The van der Waals surface area contributed by atoms with Crippen molar-refractivity contribution in [3.8, 4) is 17.2 Å². The Hall–Kier alpha value is -3.31. The number of carbonyl (C=O) groups excluding carboxylic acids is 1. The monoisotopic (exact) mass is 391 g/mol. The number of carbonyl (C=O) groups is 1. The smallest absolute Gasteiger partial charge is 0.251 e. The van der Waals surface area contributed by atoms with E-state index < -0.39 is 0 Å². The summed E-state index contributed by atoms with van der Waals surface area (Å²) in [5.74, 6) is 2.07. The molecule has 0 unspecified atom stereocenters. The van der Waals surface area contributed by atoms with E-state index in [1.165, 1.54) is 4.90 Å². The molecule has 0 heterocycles. The number of methoxy groups -OCH3 is 1. The zero-order chi connectivity index (χ0) is 20.6. The molecular formula is C24H27N2O3+. The Balaban J connectivity index is 1.66. The number of hydrogen-bond acceptors (Lipinski definition) is 3. The van der Waals surface area contributed by atoms with Gasteiger partial charge in [-0.3, -0.25) is 4.79 Å². The highest BCUT2D eigenvalue weighted by atomic mass is 16.5. The summed E-state index contributed by atoms with van der Waals surface area (Å²) in [7, 11) is 5.81. The zero-order valence-corrected chi connectivity index (χ0v) is 17.0. The van der Waals surface area contributed by atoms with Gasteiger partial charge < -0.3 is 19.7 Å². The summed E-state index contributed by atoms with van der Waals surface area (Å²) in [6.07, 6.45) is 0. The third kappa shape index (κ3) is 5.59. The number of para-hydroxylation sites is 1. The van der Waals surface area contributed by atoms with Crippen LogP contribution < -0.4 is 19.7 Å². The van der Waals surface area contributed by atoms with Crippen LogP contribution in [0.4, 0.5) is 0 Å². The van der Waals surface area contributed by atoms with Crippen molar-refractivity contribution in [1.29, 1.82) is 0 Å². The van der Waals surface area contributed by atoms with Crippen LogP contribution in [0.15, 0.2) is 78.9 Å². The molecule has 0 aliphatic carbocycles. The minimum Gasteiger partial charge on any atom is -0.497 e. The third-order valence-electron chi connectivity index (χ3n) is 4.76. The first-order chi connectivity index (χ1) is 14.1. The van der Waals surface area contributed by atoms with Crippen molar-refractivity contribution in [2.75, 3.05) is 27.7 Å². The zero-order valence-electron chi connectivity index (χ0n) is 17.0. The van der Waals surface area contributed by atoms with E-state index in [0.717, 1.165) is 17.1 Å². The number of benzene rings is 3. The van der Waals surface area contributed by atoms with Crippen LogP contribution >= 0.6 is 0 Å². The van der Waals surface area contributed by atoms with Gasteiger partial charge in [0.25, 0.3) is 5.91 Å². The second-order valence-electron chi connectivity index (χ2n) is 7.06. The molecule has 0 radical (unpaired) electrons. The van der Waals surface area contributed by atoms with Crippen molar-refractivity contribution < 1.29 is 19.2 Å². The summed E-state index contributed by atoms with van der Waals surface area (Å²) in [5.41, 5.74) is 1.72. The van der Waals surface area contributed by atoms with Gasteiger partial charge in [-0.15, -0.1) is 0 Å². The highest BCUT2D eigenvalue weighted by Crippen LogP contribution is 2.22. The van der Waals surface area contributed by atoms with Crippen molar-refractivity contribution in [2.24, 2.45) is 0 Å². The Morgan fingerprint density at radius 2 is 1.59 bits per heavy atom. The molecule has 2 N–H and O–H groups in total. The maximum Gasteiger partial charge on any atom is 0.251 e. The number of hydrogen-bond donors (Lipinski definition) is 2. The largest absolute Gasteiger partial charge is 0.497 e. The molecule has 0 spiro atoms. The highest BCUT2D eigenvalue weighted by Gasteiger charge is 2.19. The fourth-order valence-corrected chi connectivity index (χ4v) is 3.11. The summed E-state index contributed by atoms with van der Waals surface area (Å²) in [6, 6.07) is 24.8. The van der Waals surface area contributed by atoms with Gasteiger partial charge in [0.2, 0.25) is 0 Å². The summed E-state index contributed by atoms with van der Waals surface area (Å²) < 4.78 is 11.1. The van der Waals surface area contributed by atoms with E-state index in [-0.39, 0.29) is 11.9 Å². The number of rotatable bonds is 8. The maximum atomic E-state index is 12.7. The van der Waals surface area contributed by atoms with Gasteiger partial charge in [0, 0.05) is 11.1 Å². The van der Waals surface area contributed by atoms with Crippen LogP contribution in [-0.2, 0) is 0 Å². The fourth-order valence-electron chi connectivity index (χ4n) is 3.11. The predicted molar refractivity (Wildman–Crippen MR) is 114 cm³/mol. The molecule has 0 fully saturated rings. The van der Waals surface area contributed by atoms with Crippen LogP contribution in [0.2, 0.25) is 0 Å². The molecule has 5 nitrogen and oxygen atoms in total. The van der Waals surface area contributed by atoms with Gasteiger partial charge >= 0.3 is 0 Å². The van der Waals surface area contributed by atoms with Crippen LogP contribution in [0.1, 0.15) is 22.0 Å². The molecule has 3 aromatic rings. The van der Waals surface area contributed by atoms with E-state index in [0.29, 0.717) is 17.9 Å². The molecule has 0 aliphatic heterocycles. The van der Waals surface area contributed by atoms with Crippen molar-refractivity contribution in [3.05, 3.63) is 90.0 Å². The van der Waals surface area contributed by atoms with Crippen LogP contribution in [0, 0.1) is 0 Å². The Bertz CT molecular complexity index is 924. The van der Waals surface area contributed by atoms with Crippen LogP contribution in [0.3, 0.4) is 0 Å². The predicted octanol–water partition coefficient (Wildman–Crippen LogP) is 3.10. The molecule has 29 heavy (non-hydrogen) atoms. The average molecular weight is 391 g/mol. The van der Waals surface area contributed by atoms with Gasteiger partial charge in [-0.1, -0.05) is 24.3 Å². The van der Waals surface area contributed by atoms with Crippen molar-refractivity contribution in [1.82, 2.24) is 5.32 Å². The lowest BCUT2D eigenvalue weighted by molar-refractivity contribution is -0.890. The molecule has 0 bridgehead atoms. The minimum atomic E-state index is -0.122. The number of ether oxygens (including phenoxy) is 2.